The number of amides is 2. The lowest BCUT2D eigenvalue weighted by atomic mass is 10.1. The first kappa shape index (κ1) is 25.3. The van der Waals surface area contributed by atoms with Crippen molar-refractivity contribution in [2.75, 3.05) is 19.5 Å². The molecule has 0 saturated carbocycles. The molecular weight excluding hydrogens is 474 g/mol. The van der Waals surface area contributed by atoms with Crippen molar-refractivity contribution >= 4 is 40.8 Å². The van der Waals surface area contributed by atoms with E-state index in [0.717, 1.165) is 0 Å². The van der Waals surface area contributed by atoms with Crippen molar-refractivity contribution in [1.29, 1.82) is 0 Å². The van der Waals surface area contributed by atoms with Crippen LogP contribution in [0.3, 0.4) is 0 Å². The van der Waals surface area contributed by atoms with Crippen molar-refractivity contribution in [2.24, 2.45) is 5.10 Å². The molecule has 0 spiro atoms. The molecule has 3 aromatic carbocycles. The largest absolute Gasteiger partial charge is 0.497 e. The summed E-state index contributed by atoms with van der Waals surface area (Å²) >= 11 is 5.94. The number of para-hydroxylation sites is 1. The van der Waals surface area contributed by atoms with Crippen LogP contribution in [0.1, 0.15) is 22.8 Å². The number of esters is 1. The quantitative estimate of drug-likeness (QED) is 0.168. The minimum absolute atomic E-state index is 0.223. The van der Waals surface area contributed by atoms with Crippen LogP contribution in [-0.4, -0.2) is 37.7 Å². The van der Waals surface area contributed by atoms with Crippen LogP contribution in [0, 0.1) is 0 Å². The average Bonchev–Trinajstić information content (AvgIpc) is 2.87. The van der Waals surface area contributed by atoms with Gasteiger partial charge in [0.25, 0.3) is 0 Å². The van der Waals surface area contributed by atoms with Gasteiger partial charge in [-0.25, -0.2) is 10.2 Å². The van der Waals surface area contributed by atoms with E-state index in [1.165, 1.54) is 20.3 Å². The van der Waals surface area contributed by atoms with Crippen LogP contribution in [0.2, 0.25) is 5.02 Å². The topological polar surface area (TPSA) is 115 Å². The third-order valence-electron chi connectivity index (χ3n) is 4.73. The van der Waals surface area contributed by atoms with Gasteiger partial charge >= 0.3 is 17.8 Å². The van der Waals surface area contributed by atoms with Gasteiger partial charge in [-0.05, 0) is 49.4 Å². The number of carbonyl (C=O) groups excluding carboxylic acids is 3. The van der Waals surface area contributed by atoms with Crippen molar-refractivity contribution in [1.82, 2.24) is 5.43 Å². The Morgan fingerprint density at radius 3 is 2.34 bits per heavy atom. The molecule has 0 radical (unpaired) electrons. The highest BCUT2D eigenvalue weighted by atomic mass is 35.5. The highest BCUT2D eigenvalue weighted by Gasteiger charge is 2.17. The van der Waals surface area contributed by atoms with E-state index >= 15 is 0 Å². The number of halogens is 1. The number of ether oxygens (including phenoxy) is 3. The zero-order chi connectivity index (χ0) is 25.4. The Kier molecular flexibility index (Phi) is 8.42. The molecule has 180 valence electrons. The third kappa shape index (κ3) is 6.58. The Bertz CT molecular complexity index is 1290. The number of nitrogens with one attached hydrogen (secondary N) is 2. The maximum absolute atomic E-state index is 12.5. The van der Waals surface area contributed by atoms with E-state index in [1.807, 2.05) is 0 Å². The Labute approximate surface area is 206 Å². The van der Waals surface area contributed by atoms with Gasteiger partial charge in [0.05, 0.1) is 31.2 Å². The lowest BCUT2D eigenvalue weighted by molar-refractivity contribution is -0.136. The molecule has 0 aromatic heterocycles. The van der Waals surface area contributed by atoms with Crippen LogP contribution in [0.25, 0.3) is 0 Å². The highest BCUT2D eigenvalue weighted by molar-refractivity contribution is 6.39. The first-order chi connectivity index (χ1) is 16.8. The Hall–Kier alpha value is -4.37. The fourth-order valence-corrected chi connectivity index (χ4v) is 3.15. The second-order valence-corrected chi connectivity index (χ2v) is 7.49. The number of hydrogen-bond acceptors (Lipinski definition) is 7. The number of benzene rings is 3. The molecule has 2 N–H and O–H groups in total. The monoisotopic (exact) mass is 495 g/mol. The molecule has 0 aliphatic carbocycles. The normalized spacial score (nSPS) is 10.8. The zero-order valence-corrected chi connectivity index (χ0v) is 19.9. The first-order valence-corrected chi connectivity index (χ1v) is 10.6. The van der Waals surface area contributed by atoms with Crippen LogP contribution in [0.15, 0.2) is 71.8 Å². The molecule has 2 amide bonds. The van der Waals surface area contributed by atoms with Gasteiger partial charge in [-0.15, -0.1) is 0 Å². The molecule has 0 bridgehead atoms. The van der Waals surface area contributed by atoms with Gasteiger partial charge in [0.15, 0.2) is 0 Å². The molecule has 35 heavy (non-hydrogen) atoms. The summed E-state index contributed by atoms with van der Waals surface area (Å²) in [6.45, 7) is 1.59. The molecule has 0 saturated heterocycles. The van der Waals surface area contributed by atoms with E-state index in [1.54, 1.807) is 67.6 Å². The predicted molar refractivity (Wildman–Crippen MR) is 131 cm³/mol. The maximum Gasteiger partial charge on any atom is 0.343 e. The molecule has 0 heterocycles. The van der Waals surface area contributed by atoms with Crippen LogP contribution in [0.4, 0.5) is 5.69 Å². The third-order valence-corrected chi connectivity index (χ3v) is 4.96. The van der Waals surface area contributed by atoms with Crippen LogP contribution in [0.5, 0.6) is 17.2 Å². The van der Waals surface area contributed by atoms with E-state index in [9.17, 15) is 14.4 Å². The highest BCUT2D eigenvalue weighted by Crippen LogP contribution is 2.29. The maximum atomic E-state index is 12.5. The van der Waals surface area contributed by atoms with Gasteiger partial charge in [-0.3, -0.25) is 9.59 Å². The molecule has 0 fully saturated rings. The lowest BCUT2D eigenvalue weighted by Crippen LogP contribution is -2.33. The van der Waals surface area contributed by atoms with E-state index in [-0.39, 0.29) is 17.0 Å². The van der Waals surface area contributed by atoms with Crippen molar-refractivity contribution in [3.05, 3.63) is 82.9 Å². The number of anilines is 1. The van der Waals surface area contributed by atoms with Gasteiger partial charge in [0.1, 0.15) is 17.2 Å². The number of hydrazone groups is 1. The van der Waals surface area contributed by atoms with E-state index < -0.39 is 17.8 Å². The number of rotatable bonds is 7. The molecule has 0 aliphatic heterocycles. The van der Waals surface area contributed by atoms with Crippen molar-refractivity contribution in [3.8, 4) is 17.2 Å². The fourth-order valence-electron chi connectivity index (χ4n) is 2.96. The van der Waals surface area contributed by atoms with Crippen LogP contribution < -0.4 is 25.0 Å². The predicted octanol–water partition coefficient (Wildman–Crippen LogP) is 4.06. The van der Waals surface area contributed by atoms with Gasteiger partial charge < -0.3 is 19.5 Å². The first-order valence-electron chi connectivity index (χ1n) is 10.3. The number of nitrogens with zero attached hydrogens (tertiary/aromatic N) is 1. The van der Waals surface area contributed by atoms with Gasteiger partial charge in [0.2, 0.25) is 0 Å². The van der Waals surface area contributed by atoms with Gasteiger partial charge in [-0.1, -0.05) is 29.8 Å². The summed E-state index contributed by atoms with van der Waals surface area (Å²) in [5.74, 6) is -1.49. The van der Waals surface area contributed by atoms with E-state index in [0.29, 0.717) is 27.8 Å². The van der Waals surface area contributed by atoms with Gasteiger partial charge in [0, 0.05) is 16.7 Å². The summed E-state index contributed by atoms with van der Waals surface area (Å²) in [5.41, 5.74) is 3.51. The fraction of sp³-hybridized carbons (Fsp3) is 0.120. The van der Waals surface area contributed by atoms with Gasteiger partial charge in [-0.2, -0.15) is 5.10 Å². The van der Waals surface area contributed by atoms with Crippen molar-refractivity contribution in [3.63, 3.8) is 0 Å². The molecule has 10 heteroatoms. The molecular formula is C25H22ClN3O6. The number of carbonyl (C=O) groups is 3. The molecule has 0 aliphatic rings. The summed E-state index contributed by atoms with van der Waals surface area (Å²) < 4.78 is 15.8. The average molecular weight is 496 g/mol. The smallest absolute Gasteiger partial charge is 0.343 e. The Morgan fingerprint density at radius 2 is 1.63 bits per heavy atom. The Balaban J connectivity index is 1.69. The second kappa shape index (κ2) is 11.7. The molecule has 3 rings (SSSR count). The summed E-state index contributed by atoms with van der Waals surface area (Å²) in [7, 11) is 2.92. The second-order valence-electron chi connectivity index (χ2n) is 7.05. The Morgan fingerprint density at radius 1 is 0.857 bits per heavy atom. The molecule has 0 unspecified atom stereocenters. The summed E-state index contributed by atoms with van der Waals surface area (Å²) in [6.07, 6.45) is 0. The standard InChI is InChI=1S/C25H22ClN3O6/c1-15(19-9-4-5-10-21(19)35-25(32)16-7-6-8-17(26)13-16)28-29-24(31)23(30)27-20-12-11-18(33-2)14-22(20)34-3/h4-14H,1-3H3,(H,27,30)(H,29,31)/b28-15+. The summed E-state index contributed by atoms with van der Waals surface area (Å²) in [5, 5.41) is 6.83. The summed E-state index contributed by atoms with van der Waals surface area (Å²) in [6, 6.07) is 17.7. The number of methoxy groups -OCH3 is 2. The van der Waals surface area contributed by atoms with Crippen LogP contribution in [-0.2, 0) is 9.59 Å². The molecule has 9 nitrogen and oxygen atoms in total. The number of hydrogen-bond donors (Lipinski definition) is 2. The van der Waals surface area contributed by atoms with Crippen molar-refractivity contribution < 1.29 is 28.6 Å². The minimum Gasteiger partial charge on any atom is -0.497 e. The lowest BCUT2D eigenvalue weighted by Gasteiger charge is -2.11. The van der Waals surface area contributed by atoms with E-state index in [4.69, 9.17) is 25.8 Å². The zero-order valence-electron chi connectivity index (χ0n) is 19.1. The minimum atomic E-state index is -1.00. The summed E-state index contributed by atoms with van der Waals surface area (Å²) in [4.78, 5) is 37.1. The van der Waals surface area contributed by atoms with Crippen molar-refractivity contribution in [2.45, 2.75) is 6.92 Å². The van der Waals surface area contributed by atoms with Crippen LogP contribution >= 0.6 is 11.6 Å². The van der Waals surface area contributed by atoms with E-state index in [2.05, 4.69) is 15.8 Å². The SMILES string of the molecule is COc1ccc(NC(=O)C(=O)N/N=C(\C)c2ccccc2OC(=O)c2cccc(Cl)c2)c(OC)c1. The molecule has 0 atom stereocenters. The molecule has 3 aromatic rings.